The van der Waals surface area contributed by atoms with Crippen LogP contribution in [0.25, 0.3) is 0 Å². The molecular weight excluding hydrogens is 196 g/mol. The molecule has 0 fully saturated rings. The van der Waals surface area contributed by atoms with Gasteiger partial charge in [-0.05, 0) is 57.8 Å². The first-order chi connectivity index (χ1) is 7.56. The molecule has 3 unspecified atom stereocenters. The average Bonchev–Trinajstić information content (AvgIpc) is 2.41. The highest BCUT2D eigenvalue weighted by atomic mass is 16.3. The molecule has 16 heavy (non-hydrogen) atoms. The van der Waals surface area contributed by atoms with Crippen molar-refractivity contribution in [2.24, 2.45) is 11.8 Å². The standard InChI is InChI=1S/C15H28O/c1-5-14-8-6-7-9-15(12(14)3)10-11(2)13(4)16/h11,13,15-16H,5-10H2,1-4H3. The van der Waals surface area contributed by atoms with Gasteiger partial charge in [0.2, 0.25) is 0 Å². The van der Waals surface area contributed by atoms with Gasteiger partial charge in [-0.15, -0.1) is 0 Å². The van der Waals surface area contributed by atoms with Gasteiger partial charge in [-0.25, -0.2) is 0 Å². The Morgan fingerprint density at radius 2 is 2.00 bits per heavy atom. The first-order valence-corrected chi connectivity index (χ1v) is 6.92. The lowest BCUT2D eigenvalue weighted by Crippen LogP contribution is -2.18. The Bertz CT molecular complexity index is 240. The normalized spacial score (nSPS) is 26.4. The molecule has 1 nitrogen and oxygen atoms in total. The smallest absolute Gasteiger partial charge is 0.0537 e. The lowest BCUT2D eigenvalue weighted by Gasteiger charge is -2.23. The molecule has 0 bridgehead atoms. The van der Waals surface area contributed by atoms with E-state index in [0.29, 0.717) is 5.92 Å². The van der Waals surface area contributed by atoms with Crippen LogP contribution in [-0.2, 0) is 0 Å². The molecule has 0 saturated carbocycles. The summed E-state index contributed by atoms with van der Waals surface area (Å²) >= 11 is 0. The topological polar surface area (TPSA) is 20.2 Å². The summed E-state index contributed by atoms with van der Waals surface area (Å²) in [4.78, 5) is 0. The number of hydrogen-bond donors (Lipinski definition) is 1. The predicted octanol–water partition coefficient (Wildman–Crippen LogP) is 4.31. The predicted molar refractivity (Wildman–Crippen MR) is 70.4 cm³/mol. The summed E-state index contributed by atoms with van der Waals surface area (Å²) in [6.45, 7) is 8.69. The summed E-state index contributed by atoms with van der Waals surface area (Å²) in [6.07, 6.45) is 7.56. The Morgan fingerprint density at radius 3 is 2.56 bits per heavy atom. The molecule has 0 aromatic heterocycles. The van der Waals surface area contributed by atoms with Crippen LogP contribution in [-0.4, -0.2) is 11.2 Å². The van der Waals surface area contributed by atoms with Crippen molar-refractivity contribution in [1.82, 2.24) is 0 Å². The maximum Gasteiger partial charge on any atom is 0.0537 e. The second-order valence-electron chi connectivity index (χ2n) is 5.54. The van der Waals surface area contributed by atoms with Crippen LogP contribution >= 0.6 is 0 Å². The van der Waals surface area contributed by atoms with E-state index in [9.17, 15) is 5.11 Å². The Kier molecular flexibility index (Phi) is 5.54. The van der Waals surface area contributed by atoms with Gasteiger partial charge in [-0.1, -0.05) is 31.4 Å². The fourth-order valence-electron chi connectivity index (χ4n) is 2.83. The lowest BCUT2D eigenvalue weighted by molar-refractivity contribution is 0.121. The van der Waals surface area contributed by atoms with Crippen molar-refractivity contribution in [2.45, 2.75) is 72.3 Å². The van der Waals surface area contributed by atoms with Crippen molar-refractivity contribution in [2.75, 3.05) is 0 Å². The number of aliphatic hydroxyl groups excluding tert-OH is 1. The molecule has 0 amide bonds. The van der Waals surface area contributed by atoms with Crippen LogP contribution in [0.15, 0.2) is 11.1 Å². The van der Waals surface area contributed by atoms with Crippen molar-refractivity contribution >= 4 is 0 Å². The van der Waals surface area contributed by atoms with Gasteiger partial charge in [-0.2, -0.15) is 0 Å². The molecule has 3 atom stereocenters. The number of allylic oxidation sites excluding steroid dienone is 2. The molecule has 1 N–H and O–H groups in total. The molecule has 0 spiro atoms. The van der Waals surface area contributed by atoms with E-state index in [-0.39, 0.29) is 6.10 Å². The van der Waals surface area contributed by atoms with Gasteiger partial charge in [0.15, 0.2) is 0 Å². The number of aliphatic hydroxyl groups is 1. The van der Waals surface area contributed by atoms with Crippen LogP contribution in [0.2, 0.25) is 0 Å². The zero-order chi connectivity index (χ0) is 12.1. The van der Waals surface area contributed by atoms with Crippen molar-refractivity contribution in [3.63, 3.8) is 0 Å². The van der Waals surface area contributed by atoms with Crippen molar-refractivity contribution in [3.05, 3.63) is 11.1 Å². The molecule has 0 aromatic carbocycles. The monoisotopic (exact) mass is 224 g/mol. The summed E-state index contributed by atoms with van der Waals surface area (Å²) < 4.78 is 0. The zero-order valence-electron chi connectivity index (χ0n) is 11.4. The third-order valence-corrected chi connectivity index (χ3v) is 4.36. The van der Waals surface area contributed by atoms with Crippen molar-refractivity contribution in [3.8, 4) is 0 Å². The van der Waals surface area contributed by atoms with Crippen LogP contribution in [0.5, 0.6) is 0 Å². The molecular formula is C15H28O. The summed E-state index contributed by atoms with van der Waals surface area (Å²) in [5, 5.41) is 9.62. The highest BCUT2D eigenvalue weighted by molar-refractivity contribution is 5.16. The Morgan fingerprint density at radius 1 is 1.31 bits per heavy atom. The maximum absolute atomic E-state index is 9.62. The number of rotatable bonds is 4. The minimum absolute atomic E-state index is 0.166. The SMILES string of the molecule is CCC1=C(C)C(CC(C)C(C)O)CCCC1. The van der Waals surface area contributed by atoms with Crippen LogP contribution in [0.4, 0.5) is 0 Å². The molecule has 1 rings (SSSR count). The third kappa shape index (κ3) is 3.62. The Labute approximate surface area is 101 Å². The second-order valence-corrected chi connectivity index (χ2v) is 5.54. The first-order valence-electron chi connectivity index (χ1n) is 6.92. The minimum atomic E-state index is -0.166. The van der Waals surface area contributed by atoms with Crippen LogP contribution in [0.3, 0.4) is 0 Å². The van der Waals surface area contributed by atoms with E-state index >= 15 is 0 Å². The van der Waals surface area contributed by atoms with Gasteiger partial charge in [0.25, 0.3) is 0 Å². The maximum atomic E-state index is 9.62. The highest BCUT2D eigenvalue weighted by Crippen LogP contribution is 2.34. The molecule has 0 radical (unpaired) electrons. The summed E-state index contributed by atoms with van der Waals surface area (Å²) in [6, 6.07) is 0. The summed E-state index contributed by atoms with van der Waals surface area (Å²) in [5.41, 5.74) is 3.31. The van der Waals surface area contributed by atoms with Crippen LogP contribution in [0.1, 0.15) is 66.2 Å². The fraction of sp³-hybridized carbons (Fsp3) is 0.867. The van der Waals surface area contributed by atoms with Gasteiger partial charge < -0.3 is 5.11 Å². The highest BCUT2D eigenvalue weighted by Gasteiger charge is 2.21. The summed E-state index contributed by atoms with van der Waals surface area (Å²) in [7, 11) is 0. The molecule has 1 aliphatic carbocycles. The molecule has 0 aliphatic heterocycles. The van der Waals surface area contributed by atoms with Gasteiger partial charge in [0.1, 0.15) is 0 Å². The van der Waals surface area contributed by atoms with Gasteiger partial charge in [0.05, 0.1) is 6.10 Å². The minimum Gasteiger partial charge on any atom is -0.393 e. The van der Waals surface area contributed by atoms with E-state index < -0.39 is 0 Å². The van der Waals surface area contributed by atoms with Gasteiger partial charge >= 0.3 is 0 Å². The first kappa shape index (κ1) is 13.8. The molecule has 0 heterocycles. The third-order valence-electron chi connectivity index (χ3n) is 4.36. The Balaban J connectivity index is 2.69. The van der Waals surface area contributed by atoms with Crippen LogP contribution in [0, 0.1) is 11.8 Å². The van der Waals surface area contributed by atoms with E-state index in [0.717, 1.165) is 12.3 Å². The number of hydrogen-bond acceptors (Lipinski definition) is 1. The van der Waals surface area contributed by atoms with Crippen molar-refractivity contribution in [1.29, 1.82) is 0 Å². The fourth-order valence-corrected chi connectivity index (χ4v) is 2.83. The molecule has 94 valence electrons. The molecule has 0 aromatic rings. The van der Waals surface area contributed by atoms with Gasteiger partial charge in [-0.3, -0.25) is 0 Å². The zero-order valence-corrected chi connectivity index (χ0v) is 11.4. The average molecular weight is 224 g/mol. The van der Waals surface area contributed by atoms with E-state index in [1.54, 1.807) is 11.1 Å². The second kappa shape index (κ2) is 6.44. The van der Waals surface area contributed by atoms with Crippen LogP contribution < -0.4 is 0 Å². The molecule has 1 aliphatic rings. The molecule has 0 saturated heterocycles. The molecule has 1 heteroatoms. The van der Waals surface area contributed by atoms with E-state index in [1.807, 2.05) is 6.92 Å². The lowest BCUT2D eigenvalue weighted by atomic mass is 9.84. The van der Waals surface area contributed by atoms with Gasteiger partial charge in [0, 0.05) is 0 Å². The Hall–Kier alpha value is -0.300. The quantitative estimate of drug-likeness (QED) is 0.705. The largest absolute Gasteiger partial charge is 0.393 e. The van der Waals surface area contributed by atoms with Crippen molar-refractivity contribution < 1.29 is 5.11 Å². The van der Waals surface area contributed by atoms with E-state index in [4.69, 9.17) is 0 Å². The van der Waals surface area contributed by atoms with E-state index in [2.05, 4.69) is 20.8 Å². The van der Waals surface area contributed by atoms with E-state index in [1.165, 1.54) is 32.1 Å². The summed E-state index contributed by atoms with van der Waals surface area (Å²) in [5.74, 6) is 1.15.